The first-order valence-corrected chi connectivity index (χ1v) is 15.6. The Kier molecular flexibility index (Phi) is 9.99. The lowest BCUT2D eigenvalue weighted by Crippen LogP contribution is -2.60. The van der Waals surface area contributed by atoms with E-state index in [-0.39, 0.29) is 32.0 Å². The quantitative estimate of drug-likeness (QED) is 0.234. The van der Waals surface area contributed by atoms with Crippen molar-refractivity contribution in [3.8, 4) is 11.8 Å². The Balaban J connectivity index is 1.38. The lowest BCUT2D eigenvalue weighted by molar-refractivity contribution is -0.252. The van der Waals surface area contributed by atoms with Crippen LogP contribution in [0.4, 0.5) is 5.82 Å². The molecule has 2 bridgehead atoms. The summed E-state index contributed by atoms with van der Waals surface area (Å²) < 4.78 is 25.4. The Hall–Kier alpha value is -4.18. The number of carbonyl (C=O) groups is 2. The van der Waals surface area contributed by atoms with Crippen LogP contribution in [0.5, 0.6) is 5.75 Å². The molecular formula is C30H32N5O8P. The van der Waals surface area contributed by atoms with Gasteiger partial charge >= 0.3 is 5.69 Å². The lowest BCUT2D eigenvalue weighted by Gasteiger charge is -2.42. The summed E-state index contributed by atoms with van der Waals surface area (Å²) in [6, 6.07) is 21.0. The molecule has 1 N–H and O–H groups in total. The molecule has 0 aliphatic carbocycles. The maximum atomic E-state index is 13.3. The first-order chi connectivity index (χ1) is 21.3. The van der Waals surface area contributed by atoms with Crippen molar-refractivity contribution in [1.82, 2.24) is 14.6 Å². The number of rotatable bonds is 12. The normalized spacial score (nSPS) is 23.0. The Bertz CT molecular complexity index is 1550. The summed E-state index contributed by atoms with van der Waals surface area (Å²) >= 11 is 0. The van der Waals surface area contributed by atoms with Crippen LogP contribution in [0.1, 0.15) is 36.4 Å². The lowest BCUT2D eigenvalue weighted by atomic mass is 9.91. The third kappa shape index (κ3) is 6.96. The number of aromatic nitrogens is 2. The second-order valence-corrected chi connectivity index (χ2v) is 11.4. The van der Waals surface area contributed by atoms with E-state index in [1.807, 2.05) is 19.1 Å². The van der Waals surface area contributed by atoms with Crippen molar-refractivity contribution in [3.05, 3.63) is 89.0 Å². The van der Waals surface area contributed by atoms with E-state index in [1.165, 1.54) is 21.9 Å². The van der Waals surface area contributed by atoms with Gasteiger partial charge in [-0.2, -0.15) is 10.2 Å². The Morgan fingerprint density at radius 3 is 2.57 bits per heavy atom. The molecule has 3 aromatic rings. The summed E-state index contributed by atoms with van der Waals surface area (Å²) in [6.45, 7) is 3.58. The molecule has 5 rings (SSSR count). The summed E-state index contributed by atoms with van der Waals surface area (Å²) in [5.74, 6) is -0.250. The number of hydrogen-bond acceptors (Lipinski definition) is 10. The smallest absolute Gasteiger partial charge is 0.351 e. The summed E-state index contributed by atoms with van der Waals surface area (Å²) in [4.78, 5) is 49.3. The molecule has 2 aromatic carbocycles. The van der Waals surface area contributed by atoms with Gasteiger partial charge in [0.1, 0.15) is 23.3 Å². The average Bonchev–Trinajstić information content (AvgIpc) is 3.20. The van der Waals surface area contributed by atoms with E-state index >= 15 is 0 Å². The minimum absolute atomic E-state index is 0.00686. The first kappa shape index (κ1) is 31.3. The van der Waals surface area contributed by atoms with Crippen LogP contribution < -0.4 is 15.7 Å². The monoisotopic (exact) mass is 621 g/mol. The Labute approximate surface area is 255 Å². The van der Waals surface area contributed by atoms with Gasteiger partial charge in [0, 0.05) is 18.4 Å². The highest BCUT2D eigenvalue weighted by molar-refractivity contribution is 7.46. The van der Waals surface area contributed by atoms with Crippen molar-refractivity contribution in [1.29, 1.82) is 5.26 Å². The number of benzene rings is 2. The number of hydrogen-bond donors (Lipinski definition) is 1. The number of amides is 2. The van der Waals surface area contributed by atoms with Crippen molar-refractivity contribution in [2.45, 2.75) is 43.8 Å². The number of ether oxygens (including phenoxy) is 2. The number of nitrogens with zero attached hydrogens (tertiary/aromatic N) is 4. The van der Waals surface area contributed by atoms with Crippen molar-refractivity contribution in [2.24, 2.45) is 0 Å². The predicted molar refractivity (Wildman–Crippen MR) is 158 cm³/mol. The van der Waals surface area contributed by atoms with E-state index in [4.69, 9.17) is 28.6 Å². The predicted octanol–water partition coefficient (Wildman–Crippen LogP) is 3.65. The molecule has 1 aromatic heterocycles. The van der Waals surface area contributed by atoms with Crippen LogP contribution in [0.15, 0.2) is 77.7 Å². The van der Waals surface area contributed by atoms with E-state index in [2.05, 4.69) is 10.3 Å². The number of carbonyl (C=O) groups excluding carboxylic acids is 2. The number of nitrogens with one attached hydrogen (secondary N) is 1. The van der Waals surface area contributed by atoms with Gasteiger partial charge in [-0.25, -0.2) is 9.86 Å². The van der Waals surface area contributed by atoms with E-state index in [0.29, 0.717) is 17.7 Å². The van der Waals surface area contributed by atoms with Gasteiger partial charge in [0.2, 0.25) is 0 Å². The third-order valence-electron chi connectivity index (χ3n) is 7.23. The molecule has 2 aliphatic heterocycles. The van der Waals surface area contributed by atoms with Crippen LogP contribution >= 0.6 is 8.38 Å². The second kappa shape index (κ2) is 14.1. The average molecular weight is 622 g/mol. The van der Waals surface area contributed by atoms with Crippen LogP contribution in [0.2, 0.25) is 0 Å². The van der Waals surface area contributed by atoms with Crippen LogP contribution in [0, 0.1) is 11.3 Å². The zero-order valence-corrected chi connectivity index (χ0v) is 25.1. The molecule has 5 atom stereocenters. The largest absolute Gasteiger partial charge is 0.484 e. The van der Waals surface area contributed by atoms with Crippen molar-refractivity contribution in [2.75, 3.05) is 31.7 Å². The molecule has 3 heterocycles. The molecule has 0 radical (unpaired) electrons. The van der Waals surface area contributed by atoms with E-state index in [9.17, 15) is 14.4 Å². The SMILES string of the molecule is CC[C@@]12CN(C(=O)COc3ccccc3)O[C@@H]([C@H](n3ccc(NC(=O)c4ccccc4)nc3=O)O1)[C@@H]2OP(C)OCCC#N. The van der Waals surface area contributed by atoms with Gasteiger partial charge < -0.3 is 23.8 Å². The number of fused-ring (bicyclic) bond motifs is 2. The molecule has 13 nitrogen and oxygen atoms in total. The molecule has 0 spiro atoms. The molecule has 2 fully saturated rings. The molecule has 2 aliphatic rings. The van der Waals surface area contributed by atoms with Crippen LogP contribution in [-0.2, 0) is 23.4 Å². The molecule has 230 valence electrons. The second-order valence-electron chi connectivity index (χ2n) is 10.1. The highest BCUT2D eigenvalue weighted by Crippen LogP contribution is 2.51. The minimum Gasteiger partial charge on any atom is -0.484 e. The summed E-state index contributed by atoms with van der Waals surface area (Å²) in [5, 5.41) is 12.7. The van der Waals surface area contributed by atoms with E-state index in [0.717, 1.165) is 0 Å². The maximum absolute atomic E-state index is 13.3. The summed E-state index contributed by atoms with van der Waals surface area (Å²) in [7, 11) is -1.46. The van der Waals surface area contributed by atoms with E-state index < -0.39 is 49.9 Å². The molecule has 14 heteroatoms. The minimum atomic E-state index is -1.46. The zero-order chi connectivity index (χ0) is 31.1. The number of anilines is 1. The maximum Gasteiger partial charge on any atom is 0.351 e. The first-order valence-electron chi connectivity index (χ1n) is 14.0. The van der Waals surface area contributed by atoms with Crippen molar-refractivity contribution < 1.29 is 32.9 Å². The van der Waals surface area contributed by atoms with Crippen molar-refractivity contribution >= 4 is 26.0 Å². The molecule has 44 heavy (non-hydrogen) atoms. The van der Waals surface area contributed by atoms with Gasteiger partial charge in [-0.15, -0.1) is 0 Å². The number of para-hydroxylation sites is 1. The summed E-state index contributed by atoms with van der Waals surface area (Å²) in [6.07, 6.45) is -0.622. The Morgan fingerprint density at radius 1 is 1.16 bits per heavy atom. The van der Waals surface area contributed by atoms with Gasteiger partial charge in [0.15, 0.2) is 27.3 Å². The fourth-order valence-electron chi connectivity index (χ4n) is 5.00. The molecule has 0 saturated carbocycles. The molecule has 2 amide bonds. The molecular weight excluding hydrogens is 589 g/mol. The van der Waals surface area contributed by atoms with Gasteiger partial charge in [0.25, 0.3) is 11.8 Å². The van der Waals surface area contributed by atoms with Gasteiger partial charge in [-0.3, -0.25) is 19.0 Å². The fraction of sp³-hybridized carbons (Fsp3) is 0.367. The van der Waals surface area contributed by atoms with E-state index in [1.54, 1.807) is 61.3 Å². The highest BCUT2D eigenvalue weighted by atomic mass is 31.2. The van der Waals surface area contributed by atoms with Crippen LogP contribution in [0.3, 0.4) is 0 Å². The number of nitriles is 1. The fourth-order valence-corrected chi connectivity index (χ4v) is 6.04. The molecule has 1 unspecified atom stereocenters. The van der Waals surface area contributed by atoms with Crippen LogP contribution in [-0.4, -0.2) is 70.7 Å². The summed E-state index contributed by atoms with van der Waals surface area (Å²) in [5.41, 5.74) is -1.35. The van der Waals surface area contributed by atoms with Crippen molar-refractivity contribution in [3.63, 3.8) is 0 Å². The van der Waals surface area contributed by atoms with Gasteiger partial charge in [-0.1, -0.05) is 43.3 Å². The topological polar surface area (TPSA) is 154 Å². The Morgan fingerprint density at radius 2 is 1.89 bits per heavy atom. The standard InChI is InChI=1S/C30H32N5O8P/c1-3-30-20-35(24(36)19-39-22-13-8-5-9-14-22)42-25(26(30)43-44(2)40-18-10-16-31)28(41-30)34-17-15-23(33-29(34)38)32-27(37)21-11-6-4-7-12-21/h4-9,11-15,17,25-26,28H,3,10,18-20H2,1-2H3,(H,32,33,37,38)/t25-,26+,28-,30+,44?/m1/s1. The number of hydroxylamine groups is 2. The van der Waals surface area contributed by atoms with Gasteiger partial charge in [0.05, 0.1) is 25.6 Å². The van der Waals surface area contributed by atoms with Crippen LogP contribution in [0.25, 0.3) is 0 Å². The molecule has 2 saturated heterocycles. The zero-order valence-electron chi connectivity index (χ0n) is 24.2. The van der Waals surface area contributed by atoms with Gasteiger partial charge in [-0.05, 0) is 36.8 Å². The highest BCUT2D eigenvalue weighted by Gasteiger charge is 2.63. The third-order valence-corrected chi connectivity index (χ3v) is 8.30.